The van der Waals surface area contributed by atoms with Crippen molar-refractivity contribution in [2.75, 3.05) is 18.4 Å². The number of nitrogens with zero attached hydrogens (tertiary/aromatic N) is 1. The highest BCUT2D eigenvalue weighted by atomic mass is 16.1. The lowest BCUT2D eigenvalue weighted by Crippen LogP contribution is -2.42. The zero-order chi connectivity index (χ0) is 13.0. The number of carbonyl (C=O) groups is 1. The van der Waals surface area contributed by atoms with Crippen LogP contribution in [-0.2, 0) is 0 Å². The van der Waals surface area contributed by atoms with Gasteiger partial charge in [0, 0.05) is 36.4 Å². The predicted octanol–water partition coefficient (Wildman–Crippen LogP) is 2.78. The average molecular weight is 246 g/mol. The fourth-order valence-electron chi connectivity index (χ4n) is 2.50. The van der Waals surface area contributed by atoms with Gasteiger partial charge in [-0.3, -0.25) is 4.79 Å². The van der Waals surface area contributed by atoms with E-state index in [0.29, 0.717) is 12.1 Å². The molecule has 0 radical (unpaired) electrons. The van der Waals surface area contributed by atoms with Gasteiger partial charge in [0.1, 0.15) is 6.29 Å². The monoisotopic (exact) mass is 246 g/mol. The molecule has 0 aliphatic carbocycles. The SMILES string of the molecule is CC(C)N1CCC(Nc2cccc(C=O)c2)CC1. The van der Waals surface area contributed by atoms with Gasteiger partial charge < -0.3 is 10.2 Å². The molecule has 0 bridgehead atoms. The summed E-state index contributed by atoms with van der Waals surface area (Å²) < 4.78 is 0. The van der Waals surface area contributed by atoms with Gasteiger partial charge in [0.2, 0.25) is 0 Å². The summed E-state index contributed by atoms with van der Waals surface area (Å²) in [6, 6.07) is 8.88. The molecule has 0 aromatic heterocycles. The van der Waals surface area contributed by atoms with Gasteiger partial charge in [0.25, 0.3) is 0 Å². The van der Waals surface area contributed by atoms with Crippen molar-refractivity contribution < 1.29 is 4.79 Å². The van der Waals surface area contributed by atoms with Gasteiger partial charge in [-0.05, 0) is 38.8 Å². The van der Waals surface area contributed by atoms with Crippen LogP contribution in [0.15, 0.2) is 24.3 Å². The number of anilines is 1. The molecule has 0 unspecified atom stereocenters. The van der Waals surface area contributed by atoms with Crippen LogP contribution >= 0.6 is 0 Å². The molecule has 1 aliphatic heterocycles. The van der Waals surface area contributed by atoms with Crippen molar-refractivity contribution in [2.24, 2.45) is 0 Å². The zero-order valence-electron chi connectivity index (χ0n) is 11.2. The van der Waals surface area contributed by atoms with E-state index in [0.717, 1.165) is 30.6 Å². The van der Waals surface area contributed by atoms with Crippen LogP contribution in [0.2, 0.25) is 0 Å². The first-order valence-electron chi connectivity index (χ1n) is 6.75. The van der Waals surface area contributed by atoms with Crippen molar-refractivity contribution in [3.63, 3.8) is 0 Å². The zero-order valence-corrected chi connectivity index (χ0v) is 11.2. The Morgan fingerprint density at radius 2 is 2.06 bits per heavy atom. The maximum Gasteiger partial charge on any atom is 0.150 e. The summed E-state index contributed by atoms with van der Waals surface area (Å²) in [5.41, 5.74) is 1.79. The number of hydrogen-bond donors (Lipinski definition) is 1. The summed E-state index contributed by atoms with van der Waals surface area (Å²) in [6.45, 7) is 6.81. The van der Waals surface area contributed by atoms with Crippen LogP contribution in [0.3, 0.4) is 0 Å². The van der Waals surface area contributed by atoms with Gasteiger partial charge in [-0.1, -0.05) is 12.1 Å². The quantitative estimate of drug-likeness (QED) is 0.829. The Bertz CT molecular complexity index is 395. The second kappa shape index (κ2) is 6.01. The molecule has 0 amide bonds. The predicted molar refractivity (Wildman–Crippen MR) is 75.2 cm³/mol. The lowest BCUT2D eigenvalue weighted by molar-refractivity contribution is 0.112. The van der Waals surface area contributed by atoms with E-state index >= 15 is 0 Å². The molecule has 18 heavy (non-hydrogen) atoms. The first-order chi connectivity index (χ1) is 8.69. The molecular formula is C15H22N2O. The summed E-state index contributed by atoms with van der Waals surface area (Å²) in [5, 5.41) is 3.53. The molecule has 98 valence electrons. The van der Waals surface area contributed by atoms with Crippen LogP contribution in [0.25, 0.3) is 0 Å². The van der Waals surface area contributed by atoms with E-state index < -0.39 is 0 Å². The van der Waals surface area contributed by atoms with Crippen LogP contribution in [-0.4, -0.2) is 36.4 Å². The molecule has 1 fully saturated rings. The largest absolute Gasteiger partial charge is 0.382 e. The Labute approximate surface area is 109 Å². The second-order valence-corrected chi connectivity index (χ2v) is 5.29. The van der Waals surface area contributed by atoms with Crippen molar-refractivity contribution in [3.8, 4) is 0 Å². The maximum atomic E-state index is 10.7. The maximum absolute atomic E-state index is 10.7. The standard InChI is InChI=1S/C15H22N2O/c1-12(2)17-8-6-14(7-9-17)16-15-5-3-4-13(10-15)11-18/h3-5,10-12,14,16H,6-9H2,1-2H3. The molecule has 2 rings (SSSR count). The Morgan fingerprint density at radius 3 is 2.67 bits per heavy atom. The van der Waals surface area contributed by atoms with Gasteiger partial charge >= 0.3 is 0 Å². The van der Waals surface area contributed by atoms with Crippen molar-refractivity contribution >= 4 is 12.0 Å². The lowest BCUT2D eigenvalue weighted by Gasteiger charge is -2.35. The smallest absolute Gasteiger partial charge is 0.150 e. The Morgan fingerprint density at radius 1 is 1.33 bits per heavy atom. The molecule has 1 N–H and O–H groups in total. The molecule has 0 atom stereocenters. The third kappa shape index (κ3) is 3.33. The Hall–Kier alpha value is -1.35. The summed E-state index contributed by atoms with van der Waals surface area (Å²) >= 11 is 0. The summed E-state index contributed by atoms with van der Waals surface area (Å²) in [7, 11) is 0. The van der Waals surface area contributed by atoms with Crippen molar-refractivity contribution in [1.82, 2.24) is 4.90 Å². The molecule has 3 nitrogen and oxygen atoms in total. The number of nitrogens with one attached hydrogen (secondary N) is 1. The molecule has 1 aromatic rings. The van der Waals surface area contributed by atoms with E-state index in [-0.39, 0.29) is 0 Å². The van der Waals surface area contributed by atoms with E-state index in [2.05, 4.69) is 24.1 Å². The van der Waals surface area contributed by atoms with Crippen LogP contribution in [0.1, 0.15) is 37.0 Å². The molecule has 1 saturated heterocycles. The topological polar surface area (TPSA) is 32.3 Å². The summed E-state index contributed by atoms with van der Waals surface area (Å²) in [4.78, 5) is 13.2. The van der Waals surface area contributed by atoms with Crippen LogP contribution in [0.4, 0.5) is 5.69 Å². The van der Waals surface area contributed by atoms with Gasteiger partial charge in [-0.25, -0.2) is 0 Å². The van der Waals surface area contributed by atoms with Gasteiger partial charge in [0.05, 0.1) is 0 Å². The molecule has 1 aromatic carbocycles. The van der Waals surface area contributed by atoms with Crippen molar-refractivity contribution in [2.45, 2.75) is 38.8 Å². The third-order valence-corrected chi connectivity index (χ3v) is 3.65. The van der Waals surface area contributed by atoms with Crippen molar-refractivity contribution in [1.29, 1.82) is 0 Å². The molecule has 1 heterocycles. The number of benzene rings is 1. The molecule has 0 spiro atoms. The van der Waals surface area contributed by atoms with Crippen LogP contribution < -0.4 is 5.32 Å². The second-order valence-electron chi connectivity index (χ2n) is 5.29. The van der Waals surface area contributed by atoms with E-state index in [4.69, 9.17) is 0 Å². The minimum Gasteiger partial charge on any atom is -0.382 e. The van der Waals surface area contributed by atoms with Crippen LogP contribution in [0.5, 0.6) is 0 Å². The number of likely N-dealkylation sites (tertiary alicyclic amines) is 1. The highest BCUT2D eigenvalue weighted by Gasteiger charge is 2.20. The third-order valence-electron chi connectivity index (χ3n) is 3.65. The van der Waals surface area contributed by atoms with E-state index in [1.54, 1.807) is 0 Å². The minimum atomic E-state index is 0.530. The number of carbonyl (C=O) groups excluding carboxylic acids is 1. The first-order valence-corrected chi connectivity index (χ1v) is 6.75. The fraction of sp³-hybridized carbons (Fsp3) is 0.533. The lowest BCUT2D eigenvalue weighted by atomic mass is 10.0. The number of rotatable bonds is 4. The molecule has 3 heteroatoms. The average Bonchev–Trinajstić information content (AvgIpc) is 2.39. The summed E-state index contributed by atoms with van der Waals surface area (Å²) in [6.07, 6.45) is 3.24. The molecule has 1 aliphatic rings. The highest BCUT2D eigenvalue weighted by molar-refractivity contribution is 5.76. The Balaban J connectivity index is 1.89. The molecule has 0 saturated carbocycles. The van der Waals surface area contributed by atoms with E-state index in [1.807, 2.05) is 24.3 Å². The fourth-order valence-corrected chi connectivity index (χ4v) is 2.50. The Kier molecular flexibility index (Phi) is 4.37. The number of hydrogen-bond acceptors (Lipinski definition) is 3. The van der Waals surface area contributed by atoms with Crippen LogP contribution in [0, 0.1) is 0 Å². The minimum absolute atomic E-state index is 0.530. The molecular weight excluding hydrogens is 224 g/mol. The van der Waals surface area contributed by atoms with Gasteiger partial charge in [0.15, 0.2) is 0 Å². The van der Waals surface area contributed by atoms with Crippen molar-refractivity contribution in [3.05, 3.63) is 29.8 Å². The highest BCUT2D eigenvalue weighted by Crippen LogP contribution is 2.18. The number of aldehydes is 1. The van der Waals surface area contributed by atoms with Gasteiger partial charge in [-0.2, -0.15) is 0 Å². The van der Waals surface area contributed by atoms with E-state index in [9.17, 15) is 4.79 Å². The first kappa shape index (κ1) is 13.1. The van der Waals surface area contributed by atoms with E-state index in [1.165, 1.54) is 12.8 Å². The van der Waals surface area contributed by atoms with Gasteiger partial charge in [-0.15, -0.1) is 0 Å². The summed E-state index contributed by atoms with van der Waals surface area (Å²) in [5.74, 6) is 0. The number of piperidine rings is 1. The normalized spacial score (nSPS) is 17.9.